The average Bonchev–Trinajstić information content (AvgIpc) is 3.64. The number of methoxy groups -OCH3 is 1. The van der Waals surface area contributed by atoms with Crippen LogP contribution in [0.25, 0.3) is 0 Å². The fourth-order valence-electron chi connectivity index (χ4n) is 2.72. The van der Waals surface area contributed by atoms with Crippen molar-refractivity contribution in [2.75, 3.05) is 20.3 Å². The first kappa shape index (κ1) is 18.6. The van der Waals surface area contributed by atoms with Crippen LogP contribution in [0.4, 0.5) is 0 Å². The fraction of sp³-hybridized carbons (Fsp3) is 0.409. The van der Waals surface area contributed by atoms with E-state index in [1.165, 1.54) is 0 Å². The second-order valence-corrected chi connectivity index (χ2v) is 7.57. The van der Waals surface area contributed by atoms with Gasteiger partial charge in [0, 0.05) is 12.1 Å². The molecule has 0 aromatic heterocycles. The van der Waals surface area contributed by atoms with Crippen LogP contribution >= 0.6 is 0 Å². The van der Waals surface area contributed by atoms with Crippen LogP contribution in [0.5, 0.6) is 17.2 Å². The van der Waals surface area contributed by atoms with Gasteiger partial charge in [-0.1, -0.05) is 12.1 Å². The number of epoxide rings is 1. The van der Waals surface area contributed by atoms with Crippen molar-refractivity contribution < 1.29 is 23.7 Å². The molecule has 1 atom stereocenters. The minimum Gasteiger partial charge on any atom is -0.497 e. The van der Waals surface area contributed by atoms with Gasteiger partial charge in [-0.05, 0) is 49.6 Å². The maximum atomic E-state index is 12.5. The molecule has 1 heterocycles. The van der Waals surface area contributed by atoms with E-state index in [-0.39, 0.29) is 17.6 Å². The molecular formula is C22H25NO5. The van der Waals surface area contributed by atoms with E-state index < -0.39 is 0 Å². The van der Waals surface area contributed by atoms with Crippen LogP contribution in [0, 0.1) is 0 Å². The maximum Gasteiger partial charge on any atom is 0.255 e. The molecule has 1 amide bonds. The first-order chi connectivity index (χ1) is 13.5. The standard InChI is InChI=1S/C22H25NO5/c1-22(14-28-22)13-27-20-11-18(9-10-19(20)21(24)23-16-5-6-16)26-12-15-3-7-17(25-2)8-4-15/h3-4,7-11,16H,5-6,12-14H2,1-2H3,(H,23,24)/t22-/m0/s1. The van der Waals surface area contributed by atoms with Gasteiger partial charge in [0.1, 0.15) is 36.1 Å². The third-order valence-corrected chi connectivity index (χ3v) is 4.84. The second kappa shape index (κ2) is 7.72. The molecule has 6 heteroatoms. The number of nitrogens with one attached hydrogen (secondary N) is 1. The summed E-state index contributed by atoms with van der Waals surface area (Å²) in [6, 6.07) is 13.3. The summed E-state index contributed by atoms with van der Waals surface area (Å²) in [5, 5.41) is 3.01. The van der Waals surface area contributed by atoms with Gasteiger partial charge in [0.15, 0.2) is 0 Å². The average molecular weight is 383 g/mol. The second-order valence-electron chi connectivity index (χ2n) is 7.57. The molecule has 0 bridgehead atoms. The molecule has 148 valence electrons. The molecule has 1 aliphatic heterocycles. The zero-order valence-corrected chi connectivity index (χ0v) is 16.2. The molecule has 0 unspecified atom stereocenters. The van der Waals surface area contributed by atoms with Crippen LogP contribution in [-0.4, -0.2) is 37.9 Å². The number of amides is 1. The van der Waals surface area contributed by atoms with Crippen LogP contribution in [0.2, 0.25) is 0 Å². The topological polar surface area (TPSA) is 69.3 Å². The van der Waals surface area contributed by atoms with Crippen LogP contribution in [-0.2, 0) is 11.3 Å². The number of rotatable bonds is 9. The minimum atomic E-state index is -0.260. The highest BCUT2D eigenvalue weighted by Crippen LogP contribution is 2.31. The van der Waals surface area contributed by atoms with Gasteiger partial charge >= 0.3 is 0 Å². The van der Waals surface area contributed by atoms with Gasteiger partial charge in [-0.2, -0.15) is 0 Å². The van der Waals surface area contributed by atoms with E-state index in [1.807, 2.05) is 31.2 Å². The molecule has 1 aliphatic carbocycles. The van der Waals surface area contributed by atoms with Crippen LogP contribution in [0.3, 0.4) is 0 Å². The Balaban J connectivity index is 1.45. The highest BCUT2D eigenvalue weighted by Gasteiger charge is 2.40. The number of carbonyl (C=O) groups is 1. The fourth-order valence-corrected chi connectivity index (χ4v) is 2.72. The monoisotopic (exact) mass is 383 g/mol. The van der Waals surface area contributed by atoms with Crippen molar-refractivity contribution in [3.05, 3.63) is 53.6 Å². The van der Waals surface area contributed by atoms with Gasteiger partial charge in [-0.25, -0.2) is 0 Å². The number of hydrogen-bond acceptors (Lipinski definition) is 5. The minimum absolute atomic E-state index is 0.110. The summed E-state index contributed by atoms with van der Waals surface area (Å²) in [7, 11) is 1.64. The van der Waals surface area contributed by atoms with Crippen molar-refractivity contribution in [2.45, 2.75) is 38.0 Å². The van der Waals surface area contributed by atoms with E-state index >= 15 is 0 Å². The van der Waals surface area contributed by atoms with Gasteiger partial charge in [-0.15, -0.1) is 0 Å². The Bertz CT molecular complexity index is 841. The lowest BCUT2D eigenvalue weighted by molar-refractivity contribution is 0.0944. The highest BCUT2D eigenvalue weighted by atomic mass is 16.6. The lowest BCUT2D eigenvalue weighted by atomic mass is 10.1. The molecule has 4 rings (SSSR count). The molecule has 1 saturated carbocycles. The summed E-state index contributed by atoms with van der Waals surface area (Å²) in [5.41, 5.74) is 1.29. The lowest BCUT2D eigenvalue weighted by Crippen LogP contribution is -2.26. The number of benzene rings is 2. The van der Waals surface area contributed by atoms with Crippen LogP contribution in [0.1, 0.15) is 35.7 Å². The summed E-state index contributed by atoms with van der Waals surface area (Å²) in [6.07, 6.45) is 2.08. The van der Waals surface area contributed by atoms with E-state index in [9.17, 15) is 4.79 Å². The van der Waals surface area contributed by atoms with E-state index in [0.29, 0.717) is 36.9 Å². The van der Waals surface area contributed by atoms with Gasteiger partial charge < -0.3 is 24.3 Å². The zero-order chi connectivity index (χ0) is 19.6. The smallest absolute Gasteiger partial charge is 0.255 e. The predicted octanol–water partition coefficient (Wildman–Crippen LogP) is 3.33. The van der Waals surface area contributed by atoms with Crippen molar-refractivity contribution in [1.29, 1.82) is 0 Å². The van der Waals surface area contributed by atoms with Crippen LogP contribution < -0.4 is 19.5 Å². The van der Waals surface area contributed by atoms with Crippen molar-refractivity contribution in [1.82, 2.24) is 5.32 Å². The molecule has 28 heavy (non-hydrogen) atoms. The summed E-state index contributed by atoms with van der Waals surface area (Å²) >= 11 is 0. The van der Waals surface area contributed by atoms with Crippen molar-refractivity contribution >= 4 is 5.91 Å². The van der Waals surface area contributed by atoms with E-state index in [1.54, 1.807) is 25.3 Å². The molecule has 2 fully saturated rings. The number of ether oxygens (including phenoxy) is 4. The third kappa shape index (κ3) is 4.75. The molecule has 6 nitrogen and oxygen atoms in total. The molecular weight excluding hydrogens is 358 g/mol. The van der Waals surface area contributed by atoms with Gasteiger partial charge in [0.05, 0.1) is 19.3 Å². The molecule has 2 aliphatic rings. The molecule has 1 N–H and O–H groups in total. The predicted molar refractivity (Wildman–Crippen MR) is 104 cm³/mol. The first-order valence-corrected chi connectivity index (χ1v) is 9.52. The molecule has 2 aromatic carbocycles. The highest BCUT2D eigenvalue weighted by molar-refractivity contribution is 5.97. The van der Waals surface area contributed by atoms with Gasteiger partial charge in [-0.3, -0.25) is 4.79 Å². The molecule has 2 aromatic rings. The molecule has 1 saturated heterocycles. The van der Waals surface area contributed by atoms with Crippen molar-refractivity contribution in [3.8, 4) is 17.2 Å². The Hall–Kier alpha value is -2.73. The Morgan fingerprint density at radius 3 is 2.50 bits per heavy atom. The summed E-state index contributed by atoms with van der Waals surface area (Å²) in [5.74, 6) is 1.86. The van der Waals surface area contributed by atoms with E-state index in [2.05, 4.69) is 5.32 Å². The Morgan fingerprint density at radius 2 is 1.86 bits per heavy atom. The normalized spacial score (nSPS) is 20.4. The van der Waals surface area contributed by atoms with E-state index in [4.69, 9.17) is 18.9 Å². The quantitative estimate of drug-likeness (QED) is 0.673. The van der Waals surface area contributed by atoms with Gasteiger partial charge in [0.2, 0.25) is 0 Å². The van der Waals surface area contributed by atoms with E-state index in [0.717, 1.165) is 24.2 Å². The summed E-state index contributed by atoms with van der Waals surface area (Å²) < 4.78 is 22.4. The molecule has 0 radical (unpaired) electrons. The van der Waals surface area contributed by atoms with Crippen molar-refractivity contribution in [2.24, 2.45) is 0 Å². The van der Waals surface area contributed by atoms with Crippen LogP contribution in [0.15, 0.2) is 42.5 Å². The number of hydrogen-bond donors (Lipinski definition) is 1. The lowest BCUT2D eigenvalue weighted by Gasteiger charge is -2.15. The molecule has 0 spiro atoms. The largest absolute Gasteiger partial charge is 0.497 e. The SMILES string of the molecule is COc1ccc(COc2ccc(C(=O)NC3CC3)c(OC[C@@]3(C)CO3)c2)cc1. The zero-order valence-electron chi connectivity index (χ0n) is 16.2. The Labute approximate surface area is 164 Å². The summed E-state index contributed by atoms with van der Waals surface area (Å²) in [6.45, 7) is 3.47. The summed E-state index contributed by atoms with van der Waals surface area (Å²) in [4.78, 5) is 12.5. The maximum absolute atomic E-state index is 12.5. The van der Waals surface area contributed by atoms with Gasteiger partial charge in [0.25, 0.3) is 5.91 Å². The first-order valence-electron chi connectivity index (χ1n) is 9.52. The third-order valence-electron chi connectivity index (χ3n) is 4.84. The number of carbonyl (C=O) groups excluding carboxylic acids is 1. The van der Waals surface area contributed by atoms with Crippen molar-refractivity contribution in [3.63, 3.8) is 0 Å². The Kier molecular flexibility index (Phi) is 5.13. The Morgan fingerprint density at radius 1 is 1.14 bits per heavy atom.